The van der Waals surface area contributed by atoms with Gasteiger partial charge in [0, 0.05) is 45.0 Å². The predicted molar refractivity (Wildman–Crippen MR) is 169 cm³/mol. The molecule has 0 saturated heterocycles. The van der Waals surface area contributed by atoms with Crippen molar-refractivity contribution in [2.45, 2.75) is 6.92 Å². The Morgan fingerprint density at radius 1 is 0.419 bits per heavy atom. The highest BCUT2D eigenvalue weighted by atomic mass is 16.2. The Hall–Kier alpha value is -6.02. The lowest BCUT2D eigenvalue weighted by Gasteiger charge is -2.13. The summed E-state index contributed by atoms with van der Waals surface area (Å²) in [4.78, 5) is 50.5. The van der Waals surface area contributed by atoms with Gasteiger partial charge in [-0.2, -0.15) is 0 Å². The fraction of sp³-hybridized carbons (Fsp3) is 0.0286. The Labute approximate surface area is 248 Å². The van der Waals surface area contributed by atoms with Gasteiger partial charge in [-0.25, -0.2) is 9.59 Å². The van der Waals surface area contributed by atoms with Crippen LogP contribution in [0.25, 0.3) is 0 Å². The molecule has 0 aromatic heterocycles. The summed E-state index contributed by atoms with van der Waals surface area (Å²) in [5.74, 6) is -0.203. The van der Waals surface area contributed by atoms with E-state index in [2.05, 4.69) is 21.3 Å². The zero-order chi connectivity index (χ0) is 30.2. The van der Waals surface area contributed by atoms with Crippen molar-refractivity contribution < 1.29 is 19.2 Å². The van der Waals surface area contributed by atoms with E-state index in [0.29, 0.717) is 45.0 Å². The summed E-state index contributed by atoms with van der Waals surface area (Å²) >= 11 is 0. The lowest BCUT2D eigenvalue weighted by Crippen LogP contribution is -2.21. The Kier molecular flexibility index (Phi) is 8.68. The van der Waals surface area contributed by atoms with Crippen molar-refractivity contribution in [1.29, 1.82) is 0 Å². The molecule has 5 aromatic carbocycles. The lowest BCUT2D eigenvalue weighted by molar-refractivity contribution is 0.103. The highest BCUT2D eigenvalue weighted by molar-refractivity contribution is 6.10. The molecule has 4 N–H and O–H groups in total. The van der Waals surface area contributed by atoms with Crippen LogP contribution in [-0.2, 0) is 0 Å². The van der Waals surface area contributed by atoms with Gasteiger partial charge in [-0.1, -0.05) is 66.7 Å². The van der Waals surface area contributed by atoms with Crippen LogP contribution in [0.4, 0.5) is 32.3 Å². The number of ketones is 2. The van der Waals surface area contributed by atoms with Crippen LogP contribution in [-0.4, -0.2) is 23.6 Å². The van der Waals surface area contributed by atoms with Gasteiger partial charge in [-0.3, -0.25) is 9.59 Å². The molecular weight excluding hydrogens is 540 g/mol. The van der Waals surface area contributed by atoms with Gasteiger partial charge >= 0.3 is 12.1 Å². The summed E-state index contributed by atoms with van der Waals surface area (Å²) in [7, 11) is 0. The average molecular weight is 569 g/mol. The summed E-state index contributed by atoms with van der Waals surface area (Å²) in [5, 5.41) is 11.0. The van der Waals surface area contributed by atoms with E-state index >= 15 is 0 Å². The predicted octanol–water partition coefficient (Wildman–Crippen LogP) is 7.75. The number of urea groups is 2. The van der Waals surface area contributed by atoms with Crippen LogP contribution in [0, 0.1) is 6.92 Å². The van der Waals surface area contributed by atoms with Gasteiger partial charge in [0.05, 0.1) is 0 Å². The Balaban J connectivity index is 1.16. The minimum atomic E-state index is -0.480. The zero-order valence-electron chi connectivity index (χ0n) is 23.3. The summed E-state index contributed by atoms with van der Waals surface area (Å²) < 4.78 is 0. The van der Waals surface area contributed by atoms with E-state index in [9.17, 15) is 19.2 Å². The second-order valence-corrected chi connectivity index (χ2v) is 9.73. The maximum absolute atomic E-state index is 12.7. The summed E-state index contributed by atoms with van der Waals surface area (Å²) in [6.07, 6.45) is 0. The molecule has 8 nitrogen and oxygen atoms in total. The minimum absolute atomic E-state index is 0.101. The molecule has 212 valence electrons. The molecule has 0 aliphatic carbocycles. The van der Waals surface area contributed by atoms with Crippen LogP contribution in [0.15, 0.2) is 127 Å². The van der Waals surface area contributed by atoms with Crippen LogP contribution >= 0.6 is 0 Å². The molecule has 0 aliphatic heterocycles. The van der Waals surface area contributed by atoms with E-state index in [1.165, 1.54) is 0 Å². The first-order valence-corrected chi connectivity index (χ1v) is 13.5. The first-order valence-electron chi connectivity index (χ1n) is 13.5. The van der Waals surface area contributed by atoms with Crippen molar-refractivity contribution in [1.82, 2.24) is 0 Å². The molecule has 0 atom stereocenters. The molecule has 0 heterocycles. The Morgan fingerprint density at radius 3 is 1.26 bits per heavy atom. The lowest BCUT2D eigenvalue weighted by atomic mass is 10.0. The normalized spacial score (nSPS) is 10.3. The van der Waals surface area contributed by atoms with Crippen molar-refractivity contribution in [2.75, 3.05) is 21.3 Å². The smallest absolute Gasteiger partial charge is 0.308 e. The van der Waals surface area contributed by atoms with Gasteiger partial charge in [0.2, 0.25) is 0 Å². The van der Waals surface area contributed by atoms with Gasteiger partial charge in [-0.05, 0) is 73.2 Å². The molecular formula is C35H28N4O4. The minimum Gasteiger partial charge on any atom is -0.308 e. The van der Waals surface area contributed by atoms with Gasteiger partial charge in [0.1, 0.15) is 0 Å². The number of rotatable bonds is 8. The summed E-state index contributed by atoms with van der Waals surface area (Å²) in [6.45, 7) is 1.84. The number of amides is 4. The largest absolute Gasteiger partial charge is 0.323 e. The molecule has 43 heavy (non-hydrogen) atoms. The Morgan fingerprint density at radius 2 is 0.791 bits per heavy atom. The summed E-state index contributed by atoms with van der Waals surface area (Å²) in [5.41, 5.74) is 5.02. The van der Waals surface area contributed by atoms with Crippen LogP contribution in [0.1, 0.15) is 37.4 Å². The summed E-state index contributed by atoms with van der Waals surface area (Å²) in [6, 6.07) is 35.4. The van der Waals surface area contributed by atoms with E-state index in [0.717, 1.165) is 5.56 Å². The van der Waals surface area contributed by atoms with Crippen LogP contribution in [0.3, 0.4) is 0 Å². The zero-order valence-corrected chi connectivity index (χ0v) is 23.3. The standard InChI is InChI=1S/C35H28N4O4/c1-23-12-17-30(38-34(42)36-28-18-13-26(14-19-28)32(40)24-8-4-2-5-9-24)22-31(23)39-35(43)37-29-20-15-27(16-21-29)33(41)25-10-6-3-7-11-25/h2-22H,1H3,(H2,36,38,42)(H2,37,39,43). The van der Waals surface area contributed by atoms with Crippen molar-refractivity contribution in [3.8, 4) is 0 Å². The number of hydrogen-bond acceptors (Lipinski definition) is 4. The average Bonchev–Trinajstić information content (AvgIpc) is 3.03. The highest BCUT2D eigenvalue weighted by Crippen LogP contribution is 2.22. The van der Waals surface area contributed by atoms with Crippen LogP contribution < -0.4 is 21.3 Å². The van der Waals surface area contributed by atoms with Crippen LogP contribution in [0.2, 0.25) is 0 Å². The molecule has 5 aromatic rings. The Bertz CT molecular complexity index is 1770. The third kappa shape index (κ3) is 7.39. The van der Waals surface area contributed by atoms with Crippen LogP contribution in [0.5, 0.6) is 0 Å². The van der Waals surface area contributed by atoms with E-state index in [1.807, 2.05) is 43.3 Å². The van der Waals surface area contributed by atoms with Crippen molar-refractivity contribution in [3.63, 3.8) is 0 Å². The number of carbonyl (C=O) groups is 4. The fourth-order valence-electron chi connectivity index (χ4n) is 4.33. The maximum atomic E-state index is 12.7. The third-order valence-corrected chi connectivity index (χ3v) is 6.63. The number of aryl methyl sites for hydroxylation is 1. The molecule has 0 spiro atoms. The monoisotopic (exact) mass is 568 g/mol. The molecule has 0 aliphatic rings. The van der Waals surface area contributed by atoms with Crippen molar-refractivity contribution in [2.24, 2.45) is 0 Å². The maximum Gasteiger partial charge on any atom is 0.323 e. The van der Waals surface area contributed by atoms with Crippen molar-refractivity contribution >= 4 is 46.4 Å². The molecule has 0 saturated carbocycles. The van der Waals surface area contributed by atoms with Gasteiger partial charge in [-0.15, -0.1) is 0 Å². The van der Waals surface area contributed by atoms with Gasteiger partial charge in [0.25, 0.3) is 0 Å². The first kappa shape index (κ1) is 28.5. The van der Waals surface area contributed by atoms with E-state index in [-0.39, 0.29) is 11.6 Å². The number of anilines is 4. The molecule has 5 rings (SSSR count). The van der Waals surface area contributed by atoms with E-state index in [4.69, 9.17) is 0 Å². The topological polar surface area (TPSA) is 116 Å². The second kappa shape index (κ2) is 13.1. The molecule has 0 fully saturated rings. The molecule has 0 radical (unpaired) electrons. The highest BCUT2D eigenvalue weighted by Gasteiger charge is 2.12. The fourth-order valence-corrected chi connectivity index (χ4v) is 4.33. The quantitative estimate of drug-likeness (QED) is 0.143. The number of nitrogens with one attached hydrogen (secondary N) is 4. The number of hydrogen-bond donors (Lipinski definition) is 4. The van der Waals surface area contributed by atoms with E-state index in [1.54, 1.807) is 91.0 Å². The van der Waals surface area contributed by atoms with Gasteiger partial charge in [0.15, 0.2) is 11.6 Å². The molecule has 4 amide bonds. The molecule has 0 unspecified atom stereocenters. The number of benzene rings is 5. The molecule has 0 bridgehead atoms. The van der Waals surface area contributed by atoms with Gasteiger partial charge < -0.3 is 21.3 Å². The number of carbonyl (C=O) groups excluding carboxylic acids is 4. The molecule has 8 heteroatoms. The SMILES string of the molecule is Cc1ccc(NC(=O)Nc2ccc(C(=O)c3ccccc3)cc2)cc1NC(=O)Nc1ccc(C(=O)c2ccccc2)cc1. The second-order valence-electron chi connectivity index (χ2n) is 9.73. The first-order chi connectivity index (χ1) is 20.9. The third-order valence-electron chi connectivity index (χ3n) is 6.63. The van der Waals surface area contributed by atoms with E-state index < -0.39 is 12.1 Å². The van der Waals surface area contributed by atoms with Crippen molar-refractivity contribution in [3.05, 3.63) is 155 Å².